The van der Waals surface area contributed by atoms with Gasteiger partial charge in [-0.3, -0.25) is 4.79 Å². The van der Waals surface area contributed by atoms with Crippen molar-refractivity contribution in [1.82, 2.24) is 9.97 Å². The van der Waals surface area contributed by atoms with Gasteiger partial charge < -0.3 is 10.2 Å². The first-order chi connectivity index (χ1) is 12.7. The molecule has 0 spiro atoms. The first-order valence-corrected chi connectivity index (χ1v) is 8.35. The molecule has 0 atom stereocenters. The molecule has 0 fully saturated rings. The summed E-state index contributed by atoms with van der Waals surface area (Å²) in [5.41, 5.74) is 1.61. The van der Waals surface area contributed by atoms with Gasteiger partial charge in [-0.1, -0.05) is 36.4 Å². The Balaban J connectivity index is 1.76. The number of para-hydroxylation sites is 1. The maximum atomic E-state index is 13.7. The number of carbonyl (C=O) groups excluding carboxylic acids is 1. The maximum absolute atomic E-state index is 13.7. The molecular weight excluding hydrogens is 331 g/mol. The molecule has 1 N–H and O–H groups in total. The highest BCUT2D eigenvalue weighted by Crippen LogP contribution is 2.17. The third-order valence-electron chi connectivity index (χ3n) is 3.93. The lowest BCUT2D eigenvalue weighted by atomic mass is 10.2. The number of nitrogens with zero attached hydrogens (tertiary/aromatic N) is 3. The van der Waals surface area contributed by atoms with Crippen LogP contribution in [0.3, 0.4) is 0 Å². The van der Waals surface area contributed by atoms with Gasteiger partial charge in [0.15, 0.2) is 0 Å². The monoisotopic (exact) mass is 350 g/mol. The maximum Gasteiger partial charge on any atom is 0.277 e. The number of halogens is 1. The molecule has 0 saturated carbocycles. The number of rotatable bonds is 6. The van der Waals surface area contributed by atoms with Crippen LogP contribution in [-0.2, 0) is 6.54 Å². The minimum atomic E-state index is -0.286. The summed E-state index contributed by atoms with van der Waals surface area (Å²) >= 11 is 0. The summed E-state index contributed by atoms with van der Waals surface area (Å²) in [7, 11) is 0. The van der Waals surface area contributed by atoms with Crippen molar-refractivity contribution in [2.75, 3.05) is 16.8 Å². The van der Waals surface area contributed by atoms with Gasteiger partial charge in [-0.2, -0.15) is 0 Å². The smallest absolute Gasteiger partial charge is 0.277 e. The predicted molar refractivity (Wildman–Crippen MR) is 99.6 cm³/mol. The zero-order valence-electron chi connectivity index (χ0n) is 14.4. The van der Waals surface area contributed by atoms with E-state index < -0.39 is 0 Å². The number of carbonyl (C=O) groups is 1. The second-order valence-electron chi connectivity index (χ2n) is 5.62. The van der Waals surface area contributed by atoms with Crippen LogP contribution in [0.15, 0.2) is 67.0 Å². The first kappa shape index (κ1) is 17.5. The van der Waals surface area contributed by atoms with E-state index in [9.17, 15) is 9.18 Å². The number of amides is 1. The van der Waals surface area contributed by atoms with Gasteiger partial charge in [0.25, 0.3) is 5.91 Å². The zero-order chi connectivity index (χ0) is 18.4. The highest BCUT2D eigenvalue weighted by Gasteiger charge is 2.18. The zero-order valence-corrected chi connectivity index (χ0v) is 14.4. The van der Waals surface area contributed by atoms with Crippen molar-refractivity contribution in [3.63, 3.8) is 0 Å². The Kier molecular flexibility index (Phi) is 5.53. The van der Waals surface area contributed by atoms with E-state index in [0.29, 0.717) is 17.9 Å². The Morgan fingerprint density at radius 3 is 2.54 bits per heavy atom. The molecule has 0 radical (unpaired) electrons. The summed E-state index contributed by atoms with van der Waals surface area (Å²) in [6.45, 7) is 2.70. The summed E-state index contributed by atoms with van der Waals surface area (Å²) < 4.78 is 13.7. The fraction of sp³-hybridized carbons (Fsp3) is 0.150. The third kappa shape index (κ3) is 4.03. The third-order valence-corrected chi connectivity index (χ3v) is 3.93. The summed E-state index contributed by atoms with van der Waals surface area (Å²) in [5.74, 6) is -0.0302. The van der Waals surface area contributed by atoms with Gasteiger partial charge in [-0.25, -0.2) is 14.4 Å². The van der Waals surface area contributed by atoms with Crippen LogP contribution in [0.25, 0.3) is 0 Å². The van der Waals surface area contributed by atoms with Crippen LogP contribution in [0.1, 0.15) is 23.0 Å². The molecule has 1 heterocycles. The fourth-order valence-electron chi connectivity index (χ4n) is 2.59. The Bertz CT molecular complexity index is 886. The lowest BCUT2D eigenvalue weighted by Gasteiger charge is -2.20. The number of benzene rings is 2. The molecule has 0 aliphatic carbocycles. The fourth-order valence-corrected chi connectivity index (χ4v) is 2.59. The van der Waals surface area contributed by atoms with Crippen molar-refractivity contribution < 1.29 is 9.18 Å². The molecule has 3 aromatic rings. The SMILES string of the molecule is CCN(C(=O)c1cc(NCc2ccccc2F)ncn1)c1ccccc1. The average molecular weight is 350 g/mol. The van der Waals surface area contributed by atoms with E-state index in [1.165, 1.54) is 12.4 Å². The summed E-state index contributed by atoms with van der Waals surface area (Å²) in [6.07, 6.45) is 1.33. The molecule has 0 aliphatic rings. The molecule has 0 bridgehead atoms. The van der Waals surface area contributed by atoms with Gasteiger partial charge in [0.05, 0.1) is 0 Å². The van der Waals surface area contributed by atoms with Crippen molar-refractivity contribution in [3.8, 4) is 0 Å². The number of nitrogens with one attached hydrogen (secondary N) is 1. The highest BCUT2D eigenvalue weighted by molar-refractivity contribution is 6.05. The lowest BCUT2D eigenvalue weighted by molar-refractivity contribution is 0.0983. The van der Waals surface area contributed by atoms with Gasteiger partial charge in [0, 0.05) is 30.4 Å². The number of aromatic nitrogens is 2. The molecule has 0 aliphatic heterocycles. The van der Waals surface area contributed by atoms with Gasteiger partial charge in [-0.15, -0.1) is 0 Å². The second kappa shape index (κ2) is 8.20. The molecule has 132 valence electrons. The number of hydrogen-bond acceptors (Lipinski definition) is 4. The van der Waals surface area contributed by atoms with Crippen LogP contribution in [0.2, 0.25) is 0 Å². The normalized spacial score (nSPS) is 10.4. The molecule has 26 heavy (non-hydrogen) atoms. The van der Waals surface area contributed by atoms with Crippen LogP contribution in [0, 0.1) is 5.82 Å². The summed E-state index contributed by atoms with van der Waals surface area (Å²) in [6, 6.07) is 17.5. The average Bonchev–Trinajstić information content (AvgIpc) is 2.69. The van der Waals surface area contributed by atoms with Gasteiger partial charge in [0.1, 0.15) is 23.7 Å². The second-order valence-corrected chi connectivity index (χ2v) is 5.62. The summed E-state index contributed by atoms with van der Waals surface area (Å²) in [4.78, 5) is 22.6. The number of hydrogen-bond donors (Lipinski definition) is 1. The largest absolute Gasteiger partial charge is 0.366 e. The van der Waals surface area contributed by atoms with E-state index in [4.69, 9.17) is 0 Å². The Morgan fingerprint density at radius 1 is 1.08 bits per heavy atom. The van der Waals surface area contributed by atoms with Crippen molar-refractivity contribution >= 4 is 17.4 Å². The predicted octanol–water partition coefficient (Wildman–Crippen LogP) is 3.89. The van der Waals surface area contributed by atoms with E-state index >= 15 is 0 Å². The molecule has 1 amide bonds. The van der Waals surface area contributed by atoms with Crippen LogP contribution < -0.4 is 10.2 Å². The van der Waals surface area contributed by atoms with E-state index in [1.54, 1.807) is 29.2 Å². The Labute approximate surface area is 151 Å². The van der Waals surface area contributed by atoms with Crippen LogP contribution in [0.4, 0.5) is 15.9 Å². The molecule has 5 nitrogen and oxygen atoms in total. The molecule has 0 saturated heterocycles. The molecule has 2 aromatic carbocycles. The van der Waals surface area contributed by atoms with Crippen LogP contribution >= 0.6 is 0 Å². The Morgan fingerprint density at radius 2 is 1.81 bits per heavy atom. The lowest BCUT2D eigenvalue weighted by Crippen LogP contribution is -2.31. The molecular formula is C20H19FN4O. The van der Waals surface area contributed by atoms with Crippen LogP contribution in [0.5, 0.6) is 0 Å². The molecule has 1 aromatic heterocycles. The Hall–Kier alpha value is -3.28. The molecule has 6 heteroatoms. The topological polar surface area (TPSA) is 58.1 Å². The quantitative estimate of drug-likeness (QED) is 0.733. The van der Waals surface area contributed by atoms with E-state index in [2.05, 4.69) is 15.3 Å². The van der Waals surface area contributed by atoms with Crippen molar-refractivity contribution in [3.05, 3.63) is 84.1 Å². The van der Waals surface area contributed by atoms with E-state index in [1.807, 2.05) is 37.3 Å². The minimum absolute atomic E-state index is 0.213. The minimum Gasteiger partial charge on any atom is -0.366 e. The number of anilines is 2. The van der Waals surface area contributed by atoms with E-state index in [-0.39, 0.29) is 24.0 Å². The van der Waals surface area contributed by atoms with Gasteiger partial charge in [0.2, 0.25) is 0 Å². The summed E-state index contributed by atoms with van der Waals surface area (Å²) in [5, 5.41) is 3.03. The molecule has 3 rings (SSSR count). The standard InChI is InChI=1S/C20H19FN4O/c1-2-25(16-9-4-3-5-10-16)20(26)18-12-19(24-14-23-18)22-13-15-8-6-7-11-17(15)21/h3-12,14H,2,13H2,1H3,(H,22,23,24). The first-order valence-electron chi connectivity index (χ1n) is 8.35. The van der Waals surface area contributed by atoms with Gasteiger partial charge >= 0.3 is 0 Å². The van der Waals surface area contributed by atoms with Crippen molar-refractivity contribution in [2.24, 2.45) is 0 Å². The van der Waals surface area contributed by atoms with Crippen molar-refractivity contribution in [2.45, 2.75) is 13.5 Å². The van der Waals surface area contributed by atoms with E-state index in [0.717, 1.165) is 5.69 Å². The van der Waals surface area contributed by atoms with Gasteiger partial charge in [-0.05, 0) is 25.1 Å². The van der Waals surface area contributed by atoms with Crippen LogP contribution in [-0.4, -0.2) is 22.4 Å². The highest BCUT2D eigenvalue weighted by atomic mass is 19.1. The molecule has 0 unspecified atom stereocenters. The van der Waals surface area contributed by atoms with Crippen molar-refractivity contribution in [1.29, 1.82) is 0 Å².